The summed E-state index contributed by atoms with van der Waals surface area (Å²) in [6, 6.07) is 12.8. The number of hydrogen-bond donors (Lipinski definition) is 3. The minimum Gasteiger partial charge on any atom is -0.497 e. The van der Waals surface area contributed by atoms with Crippen molar-refractivity contribution in [1.82, 2.24) is 10.2 Å². The Kier molecular flexibility index (Phi) is 6.24. The summed E-state index contributed by atoms with van der Waals surface area (Å²) in [7, 11) is 1.54. The summed E-state index contributed by atoms with van der Waals surface area (Å²) in [5.41, 5.74) is 0.319. The number of rotatable bonds is 7. The van der Waals surface area contributed by atoms with E-state index in [1.165, 1.54) is 6.92 Å². The van der Waals surface area contributed by atoms with E-state index in [1.807, 2.05) is 0 Å². The first-order chi connectivity index (χ1) is 14.8. The van der Waals surface area contributed by atoms with Gasteiger partial charge in [-0.1, -0.05) is 25.1 Å². The third-order valence-electron chi connectivity index (χ3n) is 5.06. The Morgan fingerprint density at radius 3 is 2.29 bits per heavy atom. The third kappa shape index (κ3) is 4.50. The van der Waals surface area contributed by atoms with E-state index in [9.17, 15) is 19.2 Å². The number of carbonyl (C=O) groups is 4. The Hall–Kier alpha value is -3.88. The lowest BCUT2D eigenvalue weighted by Gasteiger charge is -2.26. The van der Waals surface area contributed by atoms with Crippen LogP contribution in [0.2, 0.25) is 0 Å². The number of benzene rings is 2. The summed E-state index contributed by atoms with van der Waals surface area (Å²) in [4.78, 5) is 50.4. The molecule has 2 aromatic carbocycles. The second-order valence-corrected chi connectivity index (χ2v) is 7.12. The SMILES string of the molecule is CCC1(c2ccc(OC)cc2)NC(=O)N(CC(=O)Nc2cccc(NC(C)=O)c2)C1=O. The molecule has 5 amide bonds. The van der Waals surface area contributed by atoms with Gasteiger partial charge in [0.15, 0.2) is 0 Å². The quantitative estimate of drug-likeness (QED) is 0.591. The number of nitrogens with one attached hydrogen (secondary N) is 3. The summed E-state index contributed by atoms with van der Waals surface area (Å²) < 4.78 is 5.15. The van der Waals surface area contributed by atoms with Gasteiger partial charge >= 0.3 is 6.03 Å². The fourth-order valence-corrected chi connectivity index (χ4v) is 3.51. The molecule has 1 aliphatic rings. The Bertz CT molecular complexity index is 1020. The monoisotopic (exact) mass is 424 g/mol. The molecule has 9 nitrogen and oxygen atoms in total. The van der Waals surface area contributed by atoms with Gasteiger partial charge in [0.1, 0.15) is 17.8 Å². The zero-order chi connectivity index (χ0) is 22.6. The Morgan fingerprint density at radius 2 is 1.71 bits per heavy atom. The van der Waals surface area contributed by atoms with Crippen LogP contribution in [0, 0.1) is 0 Å². The summed E-state index contributed by atoms with van der Waals surface area (Å²) >= 11 is 0. The lowest BCUT2D eigenvalue weighted by atomic mass is 9.87. The highest BCUT2D eigenvalue weighted by molar-refractivity contribution is 6.10. The van der Waals surface area contributed by atoms with Gasteiger partial charge in [0.25, 0.3) is 5.91 Å². The van der Waals surface area contributed by atoms with E-state index in [0.717, 1.165) is 4.90 Å². The van der Waals surface area contributed by atoms with Crippen LogP contribution in [0.4, 0.5) is 16.2 Å². The average molecular weight is 424 g/mol. The Labute approximate surface area is 179 Å². The number of urea groups is 1. The van der Waals surface area contributed by atoms with Gasteiger partial charge in [-0.2, -0.15) is 0 Å². The highest BCUT2D eigenvalue weighted by Crippen LogP contribution is 2.33. The highest BCUT2D eigenvalue weighted by atomic mass is 16.5. The van der Waals surface area contributed by atoms with Crippen LogP contribution in [0.25, 0.3) is 0 Å². The molecule has 0 bridgehead atoms. The largest absolute Gasteiger partial charge is 0.497 e. The maximum absolute atomic E-state index is 13.2. The van der Waals surface area contributed by atoms with Crippen molar-refractivity contribution in [2.45, 2.75) is 25.8 Å². The fraction of sp³-hybridized carbons (Fsp3) is 0.273. The van der Waals surface area contributed by atoms with E-state index in [2.05, 4.69) is 16.0 Å². The molecular weight excluding hydrogens is 400 g/mol. The molecule has 3 N–H and O–H groups in total. The molecule has 0 radical (unpaired) electrons. The molecule has 0 aromatic heterocycles. The number of hydrogen-bond acceptors (Lipinski definition) is 5. The van der Waals surface area contributed by atoms with Crippen molar-refractivity contribution in [3.63, 3.8) is 0 Å². The second kappa shape index (κ2) is 8.86. The van der Waals surface area contributed by atoms with E-state index < -0.39 is 29.9 Å². The number of imide groups is 1. The molecule has 31 heavy (non-hydrogen) atoms. The first-order valence-electron chi connectivity index (χ1n) is 9.75. The van der Waals surface area contributed by atoms with Gasteiger partial charge in [-0.05, 0) is 42.3 Å². The van der Waals surface area contributed by atoms with Gasteiger partial charge in [0, 0.05) is 18.3 Å². The van der Waals surface area contributed by atoms with Gasteiger partial charge in [-0.15, -0.1) is 0 Å². The predicted molar refractivity (Wildman–Crippen MR) is 115 cm³/mol. The predicted octanol–water partition coefficient (Wildman–Crippen LogP) is 2.45. The molecule has 2 aromatic rings. The summed E-state index contributed by atoms with van der Waals surface area (Å²) in [5.74, 6) is -0.640. The van der Waals surface area contributed by atoms with Crippen molar-refractivity contribution in [1.29, 1.82) is 0 Å². The average Bonchev–Trinajstić information content (AvgIpc) is 2.98. The maximum Gasteiger partial charge on any atom is 0.325 e. The van der Waals surface area contributed by atoms with Gasteiger partial charge in [0.05, 0.1) is 7.11 Å². The van der Waals surface area contributed by atoms with Crippen LogP contribution in [0.15, 0.2) is 48.5 Å². The van der Waals surface area contributed by atoms with Crippen molar-refractivity contribution in [3.05, 3.63) is 54.1 Å². The molecule has 1 aliphatic heterocycles. The third-order valence-corrected chi connectivity index (χ3v) is 5.06. The number of anilines is 2. The van der Waals surface area contributed by atoms with Crippen LogP contribution in [0.1, 0.15) is 25.8 Å². The van der Waals surface area contributed by atoms with E-state index >= 15 is 0 Å². The Morgan fingerprint density at radius 1 is 1.06 bits per heavy atom. The molecule has 1 saturated heterocycles. The first kappa shape index (κ1) is 21.8. The lowest BCUT2D eigenvalue weighted by Crippen LogP contribution is -2.44. The smallest absolute Gasteiger partial charge is 0.325 e. The molecule has 3 rings (SSSR count). The molecule has 0 spiro atoms. The molecule has 0 aliphatic carbocycles. The van der Waals surface area contributed by atoms with Crippen LogP contribution in [0.3, 0.4) is 0 Å². The van der Waals surface area contributed by atoms with Crippen LogP contribution in [0.5, 0.6) is 5.75 Å². The fourth-order valence-electron chi connectivity index (χ4n) is 3.51. The van der Waals surface area contributed by atoms with Gasteiger partial charge < -0.3 is 20.7 Å². The highest BCUT2D eigenvalue weighted by Gasteiger charge is 2.51. The number of carbonyl (C=O) groups excluding carboxylic acids is 4. The topological polar surface area (TPSA) is 117 Å². The number of nitrogens with zero attached hydrogens (tertiary/aromatic N) is 1. The van der Waals surface area contributed by atoms with Crippen LogP contribution in [-0.2, 0) is 19.9 Å². The number of ether oxygens (including phenoxy) is 1. The summed E-state index contributed by atoms with van der Waals surface area (Å²) in [6.45, 7) is 2.73. The van der Waals surface area contributed by atoms with Crippen LogP contribution >= 0.6 is 0 Å². The zero-order valence-electron chi connectivity index (χ0n) is 17.5. The van der Waals surface area contributed by atoms with E-state index in [1.54, 1.807) is 62.6 Å². The van der Waals surface area contributed by atoms with Gasteiger partial charge in [0.2, 0.25) is 11.8 Å². The van der Waals surface area contributed by atoms with E-state index in [4.69, 9.17) is 4.74 Å². The molecular formula is C22H24N4O5. The van der Waals surface area contributed by atoms with E-state index in [-0.39, 0.29) is 5.91 Å². The van der Waals surface area contributed by atoms with Gasteiger partial charge in [-0.3, -0.25) is 19.3 Å². The first-order valence-corrected chi connectivity index (χ1v) is 9.75. The summed E-state index contributed by atoms with van der Waals surface area (Å²) in [6.07, 6.45) is 0.320. The molecule has 1 heterocycles. The molecule has 9 heteroatoms. The molecule has 0 saturated carbocycles. The van der Waals surface area contributed by atoms with Crippen molar-refractivity contribution < 1.29 is 23.9 Å². The van der Waals surface area contributed by atoms with Crippen LogP contribution in [-0.4, -0.2) is 42.3 Å². The second-order valence-electron chi connectivity index (χ2n) is 7.12. The number of amides is 5. The molecule has 162 valence electrons. The maximum atomic E-state index is 13.2. The standard InChI is InChI=1S/C22H24N4O5/c1-4-22(15-8-10-18(31-3)11-9-15)20(29)26(21(30)25-22)13-19(28)24-17-7-5-6-16(12-17)23-14(2)27/h5-12H,4,13H2,1-3H3,(H,23,27)(H,24,28)(H,25,30). The van der Waals surface area contributed by atoms with Crippen molar-refractivity contribution in [2.75, 3.05) is 24.3 Å². The van der Waals surface area contributed by atoms with Crippen molar-refractivity contribution in [2.24, 2.45) is 0 Å². The van der Waals surface area contributed by atoms with Gasteiger partial charge in [-0.25, -0.2) is 4.79 Å². The van der Waals surface area contributed by atoms with E-state index in [0.29, 0.717) is 29.1 Å². The van der Waals surface area contributed by atoms with Crippen molar-refractivity contribution in [3.8, 4) is 5.75 Å². The molecule has 1 unspecified atom stereocenters. The Balaban J connectivity index is 1.74. The summed E-state index contributed by atoms with van der Waals surface area (Å²) in [5, 5.41) is 8.01. The number of methoxy groups -OCH3 is 1. The normalized spacial score (nSPS) is 17.8. The zero-order valence-corrected chi connectivity index (χ0v) is 17.5. The lowest BCUT2D eigenvalue weighted by molar-refractivity contribution is -0.134. The molecule has 1 atom stereocenters. The molecule has 1 fully saturated rings. The van der Waals surface area contributed by atoms with Crippen molar-refractivity contribution >= 4 is 35.1 Å². The minimum absolute atomic E-state index is 0.239. The minimum atomic E-state index is -1.24. The van der Waals surface area contributed by atoms with Crippen LogP contribution < -0.4 is 20.7 Å².